The number of fused-ring (bicyclic) bond motifs is 1. The lowest BCUT2D eigenvalue weighted by atomic mass is 10.2. The van der Waals surface area contributed by atoms with Gasteiger partial charge in [-0.2, -0.15) is 4.31 Å². The first kappa shape index (κ1) is 22.3. The average molecular weight is 475 g/mol. The Hall–Kier alpha value is -2.86. The first-order valence-corrected chi connectivity index (χ1v) is 12.2. The number of likely N-dealkylation sites (N-methyl/N-ethyl adjacent to an activating group) is 1. The molecule has 2 aromatic carbocycles. The second kappa shape index (κ2) is 8.94. The van der Waals surface area contributed by atoms with E-state index in [1.54, 1.807) is 30.3 Å². The maximum Gasteiger partial charge on any atom is 0.308 e. The van der Waals surface area contributed by atoms with Gasteiger partial charge in [0.1, 0.15) is 5.75 Å². The number of rotatable bonds is 5. The Morgan fingerprint density at radius 2 is 1.75 bits per heavy atom. The molecule has 0 atom stereocenters. The van der Waals surface area contributed by atoms with Gasteiger partial charge in [0, 0.05) is 38.7 Å². The van der Waals surface area contributed by atoms with E-state index < -0.39 is 16.0 Å². The topological polar surface area (TPSA) is 109 Å². The maximum atomic E-state index is 13.0. The monoisotopic (exact) mass is 474 g/mol. The largest absolute Gasteiger partial charge is 0.427 e. The molecule has 1 fully saturated rings. The number of carbonyl (C=O) groups is 2. The predicted octanol–water partition coefficient (Wildman–Crippen LogP) is 2.41. The van der Waals surface area contributed by atoms with E-state index in [0.717, 1.165) is 0 Å². The SMILES string of the molecule is CC(=O)Oc1ccc(C(=O)Nc2nc3ccc(S(=O)(=O)N4CCN(C)CC4)cc3s2)cc1. The molecular weight excluding hydrogens is 452 g/mol. The number of aromatic nitrogens is 1. The van der Waals surface area contributed by atoms with E-state index in [1.165, 1.54) is 34.7 Å². The lowest BCUT2D eigenvalue weighted by Gasteiger charge is -2.31. The van der Waals surface area contributed by atoms with Crippen LogP contribution in [0.1, 0.15) is 17.3 Å². The van der Waals surface area contributed by atoms with E-state index in [9.17, 15) is 18.0 Å². The Bertz CT molecular complexity index is 1260. The number of thiazole rings is 1. The van der Waals surface area contributed by atoms with Crippen LogP contribution in [-0.4, -0.2) is 67.7 Å². The predicted molar refractivity (Wildman–Crippen MR) is 122 cm³/mol. The quantitative estimate of drug-likeness (QED) is 0.447. The van der Waals surface area contributed by atoms with Crippen molar-refractivity contribution in [1.82, 2.24) is 14.2 Å². The Morgan fingerprint density at radius 3 is 2.41 bits per heavy atom. The Labute approximate surface area is 189 Å². The number of nitrogens with zero attached hydrogens (tertiary/aromatic N) is 3. The molecule has 1 saturated heterocycles. The zero-order valence-electron chi connectivity index (χ0n) is 17.6. The molecule has 4 rings (SSSR count). The van der Waals surface area contributed by atoms with Crippen molar-refractivity contribution < 1.29 is 22.7 Å². The molecule has 0 saturated carbocycles. The van der Waals surface area contributed by atoms with E-state index in [1.807, 2.05) is 7.05 Å². The summed E-state index contributed by atoms with van der Waals surface area (Å²) in [5.41, 5.74) is 0.978. The summed E-state index contributed by atoms with van der Waals surface area (Å²) in [4.78, 5) is 30.2. The van der Waals surface area contributed by atoms with Gasteiger partial charge in [0.25, 0.3) is 5.91 Å². The zero-order valence-corrected chi connectivity index (χ0v) is 19.2. The number of benzene rings is 2. The summed E-state index contributed by atoms with van der Waals surface area (Å²) in [6.07, 6.45) is 0. The van der Waals surface area contributed by atoms with Crippen LogP contribution in [0.15, 0.2) is 47.4 Å². The van der Waals surface area contributed by atoms with Crippen LogP contribution >= 0.6 is 11.3 Å². The van der Waals surface area contributed by atoms with Crippen molar-refractivity contribution in [1.29, 1.82) is 0 Å². The second-order valence-corrected chi connectivity index (χ2v) is 10.4. The molecule has 1 aromatic heterocycles. The summed E-state index contributed by atoms with van der Waals surface area (Å²) in [5, 5.41) is 3.09. The van der Waals surface area contributed by atoms with E-state index in [0.29, 0.717) is 52.8 Å². The number of sulfonamides is 1. The molecule has 0 radical (unpaired) electrons. The van der Waals surface area contributed by atoms with Crippen LogP contribution in [0.25, 0.3) is 10.2 Å². The first-order chi connectivity index (χ1) is 15.2. The van der Waals surface area contributed by atoms with Crippen LogP contribution in [0, 0.1) is 0 Å². The number of carbonyl (C=O) groups excluding carboxylic acids is 2. The molecule has 1 amide bonds. The average Bonchev–Trinajstić information content (AvgIpc) is 3.15. The Morgan fingerprint density at radius 1 is 1.06 bits per heavy atom. The Kier molecular flexibility index (Phi) is 6.24. The highest BCUT2D eigenvalue weighted by Crippen LogP contribution is 2.30. The van der Waals surface area contributed by atoms with Gasteiger partial charge in [0.05, 0.1) is 15.1 Å². The molecule has 168 valence electrons. The summed E-state index contributed by atoms with van der Waals surface area (Å²) in [7, 11) is -1.61. The van der Waals surface area contributed by atoms with E-state index in [2.05, 4.69) is 15.2 Å². The fourth-order valence-corrected chi connectivity index (χ4v) is 5.73. The lowest BCUT2D eigenvalue weighted by molar-refractivity contribution is -0.131. The molecule has 0 bridgehead atoms. The first-order valence-electron chi connectivity index (χ1n) is 9.91. The maximum absolute atomic E-state index is 13.0. The fourth-order valence-electron chi connectivity index (χ4n) is 3.31. The van der Waals surface area contributed by atoms with Gasteiger partial charge in [0.15, 0.2) is 5.13 Å². The molecule has 0 unspecified atom stereocenters. The van der Waals surface area contributed by atoms with Crippen LogP contribution in [-0.2, 0) is 14.8 Å². The highest BCUT2D eigenvalue weighted by molar-refractivity contribution is 7.89. The Balaban J connectivity index is 1.50. The van der Waals surface area contributed by atoms with E-state index in [-0.39, 0.29) is 10.8 Å². The molecule has 3 aromatic rings. The third-order valence-electron chi connectivity index (χ3n) is 5.06. The van der Waals surface area contributed by atoms with Gasteiger partial charge >= 0.3 is 5.97 Å². The van der Waals surface area contributed by atoms with Gasteiger partial charge in [-0.1, -0.05) is 11.3 Å². The van der Waals surface area contributed by atoms with Crippen molar-refractivity contribution >= 4 is 48.6 Å². The zero-order chi connectivity index (χ0) is 22.9. The number of anilines is 1. The molecule has 2 heterocycles. The highest BCUT2D eigenvalue weighted by Gasteiger charge is 2.27. The summed E-state index contributed by atoms with van der Waals surface area (Å²) in [6.45, 7) is 3.60. The van der Waals surface area contributed by atoms with Crippen molar-refractivity contribution in [3.63, 3.8) is 0 Å². The molecule has 0 spiro atoms. The van der Waals surface area contributed by atoms with Crippen molar-refractivity contribution in [3.05, 3.63) is 48.0 Å². The fraction of sp³-hybridized carbons (Fsp3) is 0.286. The molecular formula is C21H22N4O5S2. The number of amides is 1. The molecule has 1 aliphatic heterocycles. The minimum atomic E-state index is -3.58. The van der Waals surface area contributed by atoms with Crippen LogP contribution in [0.3, 0.4) is 0 Å². The molecule has 1 N–H and O–H groups in total. The number of piperazine rings is 1. The molecule has 9 nitrogen and oxygen atoms in total. The summed E-state index contributed by atoms with van der Waals surface area (Å²) in [5.74, 6) is -0.461. The number of hydrogen-bond acceptors (Lipinski definition) is 8. The van der Waals surface area contributed by atoms with Gasteiger partial charge < -0.3 is 9.64 Å². The molecule has 11 heteroatoms. The van der Waals surface area contributed by atoms with Crippen molar-refractivity contribution in [2.24, 2.45) is 0 Å². The standard InChI is InChI=1S/C21H22N4O5S2/c1-14(26)30-16-5-3-15(4-6-16)20(27)23-21-22-18-8-7-17(13-19(18)31-21)32(28,29)25-11-9-24(2)10-12-25/h3-8,13H,9-12H2,1-2H3,(H,22,23,27). The summed E-state index contributed by atoms with van der Waals surface area (Å²) >= 11 is 1.21. The smallest absolute Gasteiger partial charge is 0.308 e. The number of ether oxygens (including phenoxy) is 1. The van der Waals surface area contributed by atoms with Crippen LogP contribution in [0.2, 0.25) is 0 Å². The number of hydrogen-bond donors (Lipinski definition) is 1. The van der Waals surface area contributed by atoms with Gasteiger partial charge in [0.2, 0.25) is 10.0 Å². The molecule has 1 aliphatic rings. The lowest BCUT2D eigenvalue weighted by Crippen LogP contribution is -2.46. The van der Waals surface area contributed by atoms with Gasteiger partial charge in [-0.25, -0.2) is 13.4 Å². The number of esters is 1. The van der Waals surface area contributed by atoms with Crippen LogP contribution < -0.4 is 10.1 Å². The highest BCUT2D eigenvalue weighted by atomic mass is 32.2. The van der Waals surface area contributed by atoms with E-state index >= 15 is 0 Å². The summed E-state index contributed by atoms with van der Waals surface area (Å²) < 4.78 is 33.1. The van der Waals surface area contributed by atoms with Crippen molar-refractivity contribution in [2.45, 2.75) is 11.8 Å². The third kappa shape index (κ3) is 4.80. The van der Waals surface area contributed by atoms with Gasteiger partial charge in [-0.3, -0.25) is 14.9 Å². The van der Waals surface area contributed by atoms with Crippen molar-refractivity contribution in [2.75, 3.05) is 38.5 Å². The number of nitrogens with one attached hydrogen (secondary N) is 1. The molecule has 32 heavy (non-hydrogen) atoms. The summed E-state index contributed by atoms with van der Waals surface area (Å²) in [6, 6.07) is 11.0. The van der Waals surface area contributed by atoms with Crippen molar-refractivity contribution in [3.8, 4) is 5.75 Å². The third-order valence-corrected chi connectivity index (χ3v) is 7.89. The van der Waals surface area contributed by atoms with Crippen LogP contribution in [0.5, 0.6) is 5.75 Å². The normalized spacial score (nSPS) is 15.6. The van der Waals surface area contributed by atoms with Crippen LogP contribution in [0.4, 0.5) is 5.13 Å². The second-order valence-electron chi connectivity index (χ2n) is 7.43. The minimum absolute atomic E-state index is 0.220. The van der Waals surface area contributed by atoms with Gasteiger partial charge in [-0.15, -0.1) is 0 Å². The molecule has 0 aliphatic carbocycles. The van der Waals surface area contributed by atoms with Gasteiger partial charge in [-0.05, 0) is 49.5 Å². The minimum Gasteiger partial charge on any atom is -0.427 e. The van der Waals surface area contributed by atoms with E-state index in [4.69, 9.17) is 4.74 Å².